The van der Waals surface area contributed by atoms with Gasteiger partial charge < -0.3 is 10.2 Å². The molecule has 1 aromatic rings. The Morgan fingerprint density at radius 2 is 1.86 bits per heavy atom. The molecule has 1 atom stereocenters. The normalized spacial score (nSPS) is 11.0. The smallest absolute Gasteiger partial charge is 0.306 e. The Labute approximate surface area is 152 Å². The van der Waals surface area contributed by atoms with Crippen molar-refractivity contribution in [3.63, 3.8) is 0 Å². The summed E-state index contributed by atoms with van der Waals surface area (Å²) in [6, 6.07) is 5.32. The van der Waals surface area contributed by atoms with Crippen LogP contribution in [0.1, 0.15) is 45.1 Å². The number of benzene rings is 1. The van der Waals surface area contributed by atoms with Gasteiger partial charge in [-0.1, -0.05) is 26.7 Å². The van der Waals surface area contributed by atoms with E-state index in [1.807, 2.05) is 58.2 Å². The predicted octanol–water partition coefficient (Wildman–Crippen LogP) is 4.76. The number of nitrogens with zero attached hydrogens (tertiary/aromatic N) is 1. The summed E-state index contributed by atoms with van der Waals surface area (Å²) in [6.07, 6.45) is 3.71. The number of carboxylic acid groups (broad SMARTS) is 1. The van der Waals surface area contributed by atoms with Crippen LogP contribution in [0.15, 0.2) is 12.1 Å². The molecule has 0 aliphatic heterocycles. The molecule has 0 aliphatic carbocycles. The van der Waals surface area contributed by atoms with E-state index < -0.39 is 5.97 Å². The van der Waals surface area contributed by atoms with Gasteiger partial charge in [0, 0.05) is 0 Å². The fraction of sp³-hybridized carbons (Fsp3) is 0.467. The number of phenolic OH excluding ortho intramolecular Hbond substituents is 1. The molecule has 0 radical (unpaired) electrons. The van der Waals surface area contributed by atoms with Crippen molar-refractivity contribution in [2.45, 2.75) is 39.5 Å². The molecule has 0 aliphatic rings. The molecule has 0 saturated heterocycles. The average Bonchev–Trinajstić information content (AvgIpc) is 2.45. The summed E-state index contributed by atoms with van der Waals surface area (Å²) in [4.78, 5) is 10.4. The number of halogens is 2. The maximum Gasteiger partial charge on any atom is 0.306 e. The Kier molecular flexibility index (Phi) is 10.8. The number of carboxylic acids is 1. The highest BCUT2D eigenvalue weighted by Crippen LogP contribution is 2.26. The minimum Gasteiger partial charge on any atom is -0.506 e. The first-order valence-corrected chi connectivity index (χ1v) is 8.83. The van der Waals surface area contributed by atoms with Gasteiger partial charge in [-0.3, -0.25) is 4.79 Å². The van der Waals surface area contributed by atoms with E-state index in [2.05, 4.69) is 6.92 Å². The maximum absolute atomic E-state index is 10.4. The number of rotatable bonds is 5. The SMILES string of the molecule is CCCCC(CC)C(=O)O.N#Cc1cc(I)c(O)c(I)c1. The number of unbranched alkanes of at least 4 members (excludes halogenated alkanes) is 1. The van der Waals surface area contributed by atoms with Crippen LogP contribution in [0.4, 0.5) is 0 Å². The van der Waals surface area contributed by atoms with Crippen LogP contribution in [0.25, 0.3) is 0 Å². The van der Waals surface area contributed by atoms with Gasteiger partial charge in [-0.05, 0) is 70.2 Å². The number of hydrogen-bond donors (Lipinski definition) is 2. The highest BCUT2D eigenvalue weighted by molar-refractivity contribution is 14.1. The van der Waals surface area contributed by atoms with Crippen LogP contribution in [0, 0.1) is 24.4 Å². The van der Waals surface area contributed by atoms with Crippen LogP contribution >= 0.6 is 45.2 Å². The van der Waals surface area contributed by atoms with E-state index in [1.54, 1.807) is 12.1 Å². The molecule has 0 fully saturated rings. The molecule has 0 spiro atoms. The summed E-state index contributed by atoms with van der Waals surface area (Å²) in [5.74, 6) is -0.499. The van der Waals surface area contributed by atoms with E-state index in [0.717, 1.165) is 25.7 Å². The van der Waals surface area contributed by atoms with Gasteiger partial charge in [0.1, 0.15) is 5.75 Å². The lowest BCUT2D eigenvalue weighted by Gasteiger charge is -2.06. The zero-order valence-electron chi connectivity index (χ0n) is 12.1. The summed E-state index contributed by atoms with van der Waals surface area (Å²) in [6.45, 7) is 4.00. The van der Waals surface area contributed by atoms with Crippen LogP contribution < -0.4 is 0 Å². The quantitative estimate of drug-likeness (QED) is 0.555. The fourth-order valence-corrected chi connectivity index (χ4v) is 3.35. The Bertz CT molecular complexity index is 489. The summed E-state index contributed by atoms with van der Waals surface area (Å²) in [5.41, 5.74) is 0.580. The van der Waals surface area contributed by atoms with Gasteiger partial charge in [0.25, 0.3) is 0 Å². The second kappa shape index (κ2) is 11.1. The zero-order chi connectivity index (χ0) is 16.4. The molecule has 2 N–H and O–H groups in total. The van der Waals surface area contributed by atoms with Crippen molar-refractivity contribution in [3.8, 4) is 11.8 Å². The molecular formula is C15H19I2NO3. The molecule has 1 rings (SSSR count). The third-order valence-electron chi connectivity index (χ3n) is 2.89. The zero-order valence-corrected chi connectivity index (χ0v) is 16.4. The minimum absolute atomic E-state index is 0.111. The van der Waals surface area contributed by atoms with Gasteiger partial charge in [0.15, 0.2) is 0 Å². The van der Waals surface area contributed by atoms with E-state index in [9.17, 15) is 9.90 Å². The van der Waals surface area contributed by atoms with Crippen molar-refractivity contribution >= 4 is 51.2 Å². The number of aliphatic carboxylic acids is 1. The number of hydrogen-bond acceptors (Lipinski definition) is 3. The molecular weight excluding hydrogens is 496 g/mol. The molecule has 1 unspecified atom stereocenters. The summed E-state index contributed by atoms with van der Waals surface area (Å²) in [7, 11) is 0. The maximum atomic E-state index is 10.4. The Hall–Kier alpha value is -0.560. The van der Waals surface area contributed by atoms with Gasteiger partial charge in [-0.25, -0.2) is 0 Å². The van der Waals surface area contributed by atoms with E-state index in [-0.39, 0.29) is 11.7 Å². The average molecular weight is 515 g/mol. The second-order valence-electron chi connectivity index (χ2n) is 4.49. The first-order chi connectivity index (χ1) is 9.87. The molecule has 0 bridgehead atoms. The van der Waals surface area contributed by atoms with Crippen molar-refractivity contribution in [2.75, 3.05) is 0 Å². The fourth-order valence-electron chi connectivity index (χ4n) is 1.58. The molecule has 116 valence electrons. The first kappa shape index (κ1) is 20.4. The van der Waals surface area contributed by atoms with E-state index in [1.165, 1.54) is 0 Å². The highest BCUT2D eigenvalue weighted by atomic mass is 127. The van der Waals surface area contributed by atoms with Crippen LogP contribution in [-0.4, -0.2) is 16.2 Å². The minimum atomic E-state index is -0.643. The van der Waals surface area contributed by atoms with E-state index in [4.69, 9.17) is 10.4 Å². The van der Waals surface area contributed by atoms with E-state index in [0.29, 0.717) is 12.7 Å². The molecule has 21 heavy (non-hydrogen) atoms. The Morgan fingerprint density at radius 1 is 1.33 bits per heavy atom. The van der Waals surface area contributed by atoms with Gasteiger partial charge in [-0.2, -0.15) is 5.26 Å². The topological polar surface area (TPSA) is 81.3 Å². The molecule has 0 aromatic heterocycles. The van der Waals surface area contributed by atoms with Crippen LogP contribution in [0.3, 0.4) is 0 Å². The van der Waals surface area contributed by atoms with Crippen molar-refractivity contribution in [2.24, 2.45) is 5.92 Å². The molecule has 0 saturated carbocycles. The summed E-state index contributed by atoms with van der Waals surface area (Å²) in [5, 5.41) is 26.4. The lowest BCUT2D eigenvalue weighted by Crippen LogP contribution is -2.11. The second-order valence-corrected chi connectivity index (χ2v) is 6.81. The number of aromatic hydroxyl groups is 1. The van der Waals surface area contributed by atoms with Crippen molar-refractivity contribution < 1.29 is 15.0 Å². The number of carbonyl (C=O) groups is 1. The standard InChI is InChI=1S/C8H16O2.C7H3I2NO/c1-3-5-6-7(4-2)8(9)10;8-5-1-4(3-10)2-6(9)7(5)11/h7H,3-6H2,1-2H3,(H,9,10);1-2,11H. The molecule has 0 heterocycles. The van der Waals surface area contributed by atoms with Crippen molar-refractivity contribution in [1.29, 1.82) is 5.26 Å². The first-order valence-electron chi connectivity index (χ1n) is 6.68. The highest BCUT2D eigenvalue weighted by Gasteiger charge is 2.12. The Balaban J connectivity index is 0.000000384. The molecule has 6 heteroatoms. The van der Waals surface area contributed by atoms with Crippen LogP contribution in [-0.2, 0) is 4.79 Å². The lowest BCUT2D eigenvalue weighted by atomic mass is 10.00. The predicted molar refractivity (Wildman–Crippen MR) is 99.2 cm³/mol. The largest absolute Gasteiger partial charge is 0.506 e. The van der Waals surface area contributed by atoms with E-state index >= 15 is 0 Å². The summed E-state index contributed by atoms with van der Waals surface area (Å²) < 4.78 is 1.43. The van der Waals surface area contributed by atoms with Gasteiger partial charge in [-0.15, -0.1) is 0 Å². The van der Waals surface area contributed by atoms with Crippen LogP contribution in [0.2, 0.25) is 0 Å². The van der Waals surface area contributed by atoms with Gasteiger partial charge in [0.2, 0.25) is 0 Å². The summed E-state index contributed by atoms with van der Waals surface area (Å²) >= 11 is 3.99. The monoisotopic (exact) mass is 515 g/mol. The third-order valence-corrected chi connectivity index (χ3v) is 4.54. The third kappa shape index (κ3) is 7.85. The van der Waals surface area contributed by atoms with Crippen molar-refractivity contribution in [3.05, 3.63) is 24.8 Å². The molecule has 0 amide bonds. The lowest BCUT2D eigenvalue weighted by molar-refractivity contribution is -0.142. The van der Waals surface area contributed by atoms with Crippen molar-refractivity contribution in [1.82, 2.24) is 0 Å². The number of phenols is 1. The Morgan fingerprint density at radius 3 is 2.19 bits per heavy atom. The molecule has 1 aromatic carbocycles. The molecule has 4 nitrogen and oxygen atoms in total. The van der Waals surface area contributed by atoms with Crippen LogP contribution in [0.5, 0.6) is 5.75 Å². The van der Waals surface area contributed by atoms with Gasteiger partial charge >= 0.3 is 5.97 Å². The number of nitriles is 1. The van der Waals surface area contributed by atoms with Gasteiger partial charge in [0.05, 0.1) is 24.7 Å².